The van der Waals surface area contributed by atoms with Crippen molar-refractivity contribution in [2.24, 2.45) is 5.92 Å². The number of rotatable bonds is 6. The Morgan fingerprint density at radius 3 is 2.56 bits per heavy atom. The molecule has 3 aromatic carbocycles. The normalized spacial score (nSPS) is 17.8. The quantitative estimate of drug-likeness (QED) is 0.352. The second kappa shape index (κ2) is 10.1. The topological polar surface area (TPSA) is 125 Å². The summed E-state index contributed by atoms with van der Waals surface area (Å²) < 4.78 is 51.1. The lowest BCUT2D eigenvalue weighted by Gasteiger charge is -2.27. The van der Waals surface area contributed by atoms with Gasteiger partial charge in [0.05, 0.1) is 35.2 Å². The number of sulfone groups is 1. The van der Waals surface area contributed by atoms with Crippen LogP contribution in [0, 0.1) is 11.7 Å². The monoisotopic (exact) mass is 552 g/mol. The van der Waals surface area contributed by atoms with Crippen molar-refractivity contribution in [1.82, 2.24) is 4.57 Å². The van der Waals surface area contributed by atoms with Crippen LogP contribution in [0.5, 0.6) is 5.75 Å². The lowest BCUT2D eigenvalue weighted by atomic mass is 9.83. The molecule has 1 fully saturated rings. The molecule has 1 aromatic heterocycles. The van der Waals surface area contributed by atoms with Crippen molar-refractivity contribution >= 4 is 38.3 Å². The van der Waals surface area contributed by atoms with Crippen molar-refractivity contribution in [3.63, 3.8) is 0 Å². The number of carbonyl (C=O) groups excluding carboxylic acids is 2. The Hall–Kier alpha value is -4.25. The number of ketones is 1. The van der Waals surface area contributed by atoms with Crippen molar-refractivity contribution in [1.29, 1.82) is 0 Å². The van der Waals surface area contributed by atoms with E-state index in [0.717, 1.165) is 12.3 Å². The minimum absolute atomic E-state index is 0.0560. The van der Waals surface area contributed by atoms with Crippen LogP contribution in [-0.4, -0.2) is 38.0 Å². The van der Waals surface area contributed by atoms with E-state index in [4.69, 9.17) is 9.15 Å². The number of fused-ring (bicyclic) bond motifs is 1. The van der Waals surface area contributed by atoms with Gasteiger partial charge in [-0.25, -0.2) is 17.6 Å². The molecule has 0 bridgehead atoms. The Morgan fingerprint density at radius 2 is 1.85 bits per heavy atom. The molecular weight excluding hydrogens is 527 g/mol. The Bertz CT molecular complexity index is 1770. The van der Waals surface area contributed by atoms with Gasteiger partial charge in [-0.3, -0.25) is 14.2 Å². The Morgan fingerprint density at radius 1 is 1.08 bits per heavy atom. The summed E-state index contributed by atoms with van der Waals surface area (Å²) in [7, 11) is -2.07. The summed E-state index contributed by atoms with van der Waals surface area (Å²) in [5.74, 6) is -3.25. The maximum atomic E-state index is 15.1. The molecular formula is C28H25FN2O7S. The fourth-order valence-corrected chi connectivity index (χ4v) is 5.93. The number of ether oxygens (including phenoxy) is 1. The van der Waals surface area contributed by atoms with Crippen LogP contribution < -0.4 is 15.8 Å². The number of halogens is 1. The molecule has 1 aliphatic carbocycles. The molecule has 0 aliphatic heterocycles. The lowest BCUT2D eigenvalue weighted by Crippen LogP contribution is -2.40. The zero-order valence-electron chi connectivity index (χ0n) is 21.1. The van der Waals surface area contributed by atoms with E-state index in [2.05, 4.69) is 5.32 Å². The SMILES string of the molecule is COc1ccc2c(c1)oc(=O)n2C1CCCC(C(=O)Nc2ccc(-c3ccccc3S(C)(=O)=O)cc2F)C1=O. The number of oxazole rings is 1. The molecule has 1 heterocycles. The molecule has 1 amide bonds. The molecule has 11 heteroatoms. The largest absolute Gasteiger partial charge is 0.497 e. The van der Waals surface area contributed by atoms with Crippen LogP contribution in [0.25, 0.3) is 22.2 Å². The Kier molecular flexibility index (Phi) is 6.85. The van der Waals surface area contributed by atoms with Gasteiger partial charge in [-0.15, -0.1) is 0 Å². The van der Waals surface area contributed by atoms with Gasteiger partial charge in [0.2, 0.25) is 5.91 Å². The van der Waals surface area contributed by atoms with Gasteiger partial charge >= 0.3 is 5.76 Å². The molecule has 1 saturated carbocycles. The number of nitrogens with one attached hydrogen (secondary N) is 1. The number of aromatic nitrogens is 1. The summed E-state index contributed by atoms with van der Waals surface area (Å²) in [5.41, 5.74) is 1.18. The first-order valence-corrected chi connectivity index (χ1v) is 14.1. The van der Waals surface area contributed by atoms with E-state index in [9.17, 15) is 22.8 Å². The highest BCUT2D eigenvalue weighted by Crippen LogP contribution is 2.34. The van der Waals surface area contributed by atoms with E-state index in [1.54, 1.807) is 36.4 Å². The highest BCUT2D eigenvalue weighted by atomic mass is 32.2. The first kappa shape index (κ1) is 26.4. The Labute approximate surface area is 223 Å². The highest BCUT2D eigenvalue weighted by Gasteiger charge is 2.38. The highest BCUT2D eigenvalue weighted by molar-refractivity contribution is 7.90. The molecule has 0 saturated heterocycles. The molecule has 2 atom stereocenters. The number of hydrogen-bond acceptors (Lipinski definition) is 7. The molecule has 202 valence electrons. The molecule has 1 aliphatic rings. The van der Waals surface area contributed by atoms with Crippen molar-refractivity contribution in [2.45, 2.75) is 30.2 Å². The minimum Gasteiger partial charge on any atom is -0.497 e. The number of carbonyl (C=O) groups is 2. The summed E-state index contributed by atoms with van der Waals surface area (Å²) in [6, 6.07) is 14.1. The van der Waals surface area contributed by atoms with Gasteiger partial charge in [0.15, 0.2) is 21.2 Å². The van der Waals surface area contributed by atoms with E-state index in [1.807, 2.05) is 0 Å². The van der Waals surface area contributed by atoms with Gasteiger partial charge in [-0.05, 0) is 55.2 Å². The van der Waals surface area contributed by atoms with Gasteiger partial charge < -0.3 is 14.5 Å². The van der Waals surface area contributed by atoms with E-state index >= 15 is 4.39 Å². The predicted molar refractivity (Wildman–Crippen MR) is 142 cm³/mol. The number of benzene rings is 3. The van der Waals surface area contributed by atoms with Crippen molar-refractivity contribution < 1.29 is 31.6 Å². The van der Waals surface area contributed by atoms with E-state index in [1.165, 1.54) is 29.9 Å². The second-order valence-electron chi connectivity index (χ2n) is 9.43. The standard InChI is InChI=1S/C28H25FN2O7S/c1-37-17-11-13-22-24(15-17)38-28(34)31(22)23-8-5-7-19(26(23)32)27(33)30-21-12-10-16(14-20(21)29)18-6-3-4-9-25(18)39(2,35)36/h3-4,6,9-15,19,23H,5,7-8H2,1-2H3,(H,30,33). The smallest absolute Gasteiger partial charge is 0.420 e. The first-order chi connectivity index (χ1) is 18.6. The Balaban J connectivity index is 1.39. The van der Waals surface area contributed by atoms with Crippen LogP contribution in [0.3, 0.4) is 0 Å². The number of hydrogen-bond donors (Lipinski definition) is 1. The third-order valence-electron chi connectivity index (χ3n) is 6.92. The zero-order chi connectivity index (χ0) is 27.9. The fourth-order valence-electron chi connectivity index (χ4n) is 5.02. The molecule has 9 nitrogen and oxygen atoms in total. The average Bonchev–Trinajstić information content (AvgIpc) is 3.24. The van der Waals surface area contributed by atoms with Crippen LogP contribution in [-0.2, 0) is 19.4 Å². The zero-order valence-corrected chi connectivity index (χ0v) is 22.0. The van der Waals surface area contributed by atoms with Gasteiger partial charge in [0.25, 0.3) is 0 Å². The second-order valence-corrected chi connectivity index (χ2v) is 11.4. The average molecular weight is 553 g/mol. The lowest BCUT2D eigenvalue weighted by molar-refractivity contribution is -0.135. The molecule has 39 heavy (non-hydrogen) atoms. The van der Waals surface area contributed by atoms with Crippen LogP contribution in [0.4, 0.5) is 10.1 Å². The third kappa shape index (κ3) is 4.97. The number of Topliss-reactive ketones (excluding diaryl/α,β-unsaturated/α-hetero) is 1. The van der Waals surface area contributed by atoms with Crippen molar-refractivity contribution in [3.8, 4) is 16.9 Å². The maximum Gasteiger partial charge on any atom is 0.420 e. The fraction of sp³-hybridized carbons (Fsp3) is 0.250. The summed E-state index contributed by atoms with van der Waals surface area (Å²) in [6.07, 6.45) is 2.17. The van der Waals surface area contributed by atoms with Crippen LogP contribution in [0.2, 0.25) is 0 Å². The van der Waals surface area contributed by atoms with Crippen LogP contribution in [0.15, 0.2) is 74.8 Å². The first-order valence-electron chi connectivity index (χ1n) is 12.2. The van der Waals surface area contributed by atoms with Crippen molar-refractivity contribution in [2.75, 3.05) is 18.7 Å². The predicted octanol–water partition coefficient (Wildman–Crippen LogP) is 4.36. The maximum absolute atomic E-state index is 15.1. The van der Waals surface area contributed by atoms with E-state index < -0.39 is 45.1 Å². The van der Waals surface area contributed by atoms with Crippen LogP contribution in [0.1, 0.15) is 25.3 Å². The number of nitrogens with zero attached hydrogens (tertiary/aromatic N) is 1. The van der Waals surface area contributed by atoms with E-state index in [-0.39, 0.29) is 22.6 Å². The summed E-state index contributed by atoms with van der Waals surface area (Å²) in [4.78, 5) is 39.2. The molecule has 0 spiro atoms. The van der Waals surface area contributed by atoms with Crippen LogP contribution >= 0.6 is 0 Å². The molecule has 0 radical (unpaired) electrons. The number of amides is 1. The number of methoxy groups -OCH3 is 1. The number of anilines is 1. The molecule has 5 rings (SSSR count). The van der Waals surface area contributed by atoms with Crippen molar-refractivity contribution in [3.05, 3.63) is 77.0 Å². The van der Waals surface area contributed by atoms with E-state index in [0.29, 0.717) is 35.2 Å². The summed E-state index contributed by atoms with van der Waals surface area (Å²) in [6.45, 7) is 0. The summed E-state index contributed by atoms with van der Waals surface area (Å²) in [5, 5.41) is 2.49. The third-order valence-corrected chi connectivity index (χ3v) is 8.07. The van der Waals surface area contributed by atoms with Gasteiger partial charge in [0.1, 0.15) is 11.6 Å². The molecule has 4 aromatic rings. The minimum atomic E-state index is -3.56. The molecule has 1 N–H and O–H groups in total. The van der Waals surface area contributed by atoms with Gasteiger partial charge in [-0.2, -0.15) is 0 Å². The van der Waals surface area contributed by atoms with Gasteiger partial charge in [-0.1, -0.05) is 24.3 Å². The van der Waals surface area contributed by atoms with Gasteiger partial charge in [0, 0.05) is 17.9 Å². The molecule has 2 unspecified atom stereocenters. The summed E-state index contributed by atoms with van der Waals surface area (Å²) >= 11 is 0.